The molecule has 0 spiro atoms. The van der Waals surface area contributed by atoms with Crippen molar-refractivity contribution in [1.82, 2.24) is 4.90 Å². The molecule has 11 nitrogen and oxygen atoms in total. The number of Topliss-reactive ketones (excluding diaryl/α,β-unsaturated/α-hetero) is 1. The van der Waals surface area contributed by atoms with Gasteiger partial charge in [0.25, 0.3) is 0 Å². The summed E-state index contributed by atoms with van der Waals surface area (Å²) in [6.07, 6.45) is 1.38. The van der Waals surface area contributed by atoms with E-state index in [-0.39, 0.29) is 42.0 Å². The van der Waals surface area contributed by atoms with Crippen LogP contribution in [0.25, 0.3) is 0 Å². The van der Waals surface area contributed by atoms with Gasteiger partial charge >= 0.3 is 17.9 Å². The first-order chi connectivity index (χ1) is 19.4. The molecule has 2 heterocycles. The number of carbonyl (C=O) groups excluding carboxylic acids is 4. The van der Waals surface area contributed by atoms with Gasteiger partial charge in [0.1, 0.15) is 12.2 Å². The lowest BCUT2D eigenvalue weighted by Crippen LogP contribution is -2.57. The highest BCUT2D eigenvalue weighted by atomic mass is 16.6. The summed E-state index contributed by atoms with van der Waals surface area (Å²) >= 11 is 0. The number of carbonyl (C=O) groups is 4. The smallest absolute Gasteiger partial charge is 0.340 e. The summed E-state index contributed by atoms with van der Waals surface area (Å²) in [5.74, 6) is -3.34. The number of fused-ring (bicyclic) bond motifs is 4. The van der Waals surface area contributed by atoms with Crippen molar-refractivity contribution in [3.63, 3.8) is 0 Å². The first-order valence-electron chi connectivity index (χ1n) is 14.2. The highest BCUT2D eigenvalue weighted by Crippen LogP contribution is 2.63. The summed E-state index contributed by atoms with van der Waals surface area (Å²) in [6.45, 7) is 5.85. The summed E-state index contributed by atoms with van der Waals surface area (Å²) in [6, 6.07) is 0. The predicted octanol–water partition coefficient (Wildman–Crippen LogP) is 2.14. The fourth-order valence-electron chi connectivity index (χ4n) is 7.89. The van der Waals surface area contributed by atoms with E-state index < -0.39 is 52.6 Å². The van der Waals surface area contributed by atoms with Gasteiger partial charge in [0.2, 0.25) is 5.78 Å². The van der Waals surface area contributed by atoms with Crippen LogP contribution >= 0.6 is 0 Å². The van der Waals surface area contributed by atoms with Crippen LogP contribution in [0.5, 0.6) is 0 Å². The molecule has 0 radical (unpaired) electrons. The van der Waals surface area contributed by atoms with Gasteiger partial charge in [-0.05, 0) is 50.5 Å². The molecule has 3 aliphatic carbocycles. The summed E-state index contributed by atoms with van der Waals surface area (Å²) in [7, 11) is 2.82. The molecule has 2 aliphatic heterocycles. The van der Waals surface area contributed by atoms with Crippen molar-refractivity contribution in [2.45, 2.75) is 71.2 Å². The topological polar surface area (TPSA) is 149 Å². The molecule has 2 N–H and O–H groups in total. The maximum atomic E-state index is 14.1. The second-order valence-corrected chi connectivity index (χ2v) is 12.3. The standard InChI is InChI=1S/C30H39NO10/c1-15(32)40-19-12-29(2)18(6-7-20(29)33)22-24(19)30(3)21(14-38-4)41-28(37)17(23(30)26(35)25(22)34)13-31-10-8-16(9-11-31)27(36)39-5/h13,16,18-21,33,35H,6-12,14H2,1-5H3. The minimum atomic E-state index is -1.26. The van der Waals surface area contributed by atoms with Crippen molar-refractivity contribution in [2.75, 3.05) is 33.9 Å². The molecule has 1 saturated carbocycles. The summed E-state index contributed by atoms with van der Waals surface area (Å²) in [5.41, 5.74) is -1.03. The van der Waals surface area contributed by atoms with Crippen molar-refractivity contribution >= 4 is 23.7 Å². The molecule has 11 heteroatoms. The number of allylic oxidation sites excluding steroid dienone is 1. The number of piperidine rings is 1. The van der Waals surface area contributed by atoms with Gasteiger partial charge in [0.15, 0.2) is 5.76 Å². The molecule has 5 rings (SSSR count). The van der Waals surface area contributed by atoms with Crippen molar-refractivity contribution in [2.24, 2.45) is 22.7 Å². The Balaban J connectivity index is 1.65. The van der Waals surface area contributed by atoms with Crippen LogP contribution in [-0.2, 0) is 38.1 Å². The van der Waals surface area contributed by atoms with Crippen LogP contribution in [0.4, 0.5) is 0 Å². The van der Waals surface area contributed by atoms with E-state index in [0.717, 1.165) is 0 Å². The van der Waals surface area contributed by atoms with E-state index in [9.17, 15) is 29.4 Å². The fraction of sp³-hybridized carbons (Fsp3) is 0.667. The molecule has 41 heavy (non-hydrogen) atoms. The lowest BCUT2D eigenvalue weighted by Gasteiger charge is -2.54. The zero-order chi connectivity index (χ0) is 29.9. The highest BCUT2D eigenvalue weighted by molar-refractivity contribution is 6.13. The van der Waals surface area contributed by atoms with Gasteiger partial charge in [-0.25, -0.2) is 4.79 Å². The maximum absolute atomic E-state index is 14.1. The number of aliphatic hydroxyl groups is 2. The van der Waals surface area contributed by atoms with Gasteiger partial charge in [-0.15, -0.1) is 0 Å². The molecule has 0 amide bonds. The molecule has 224 valence electrons. The Morgan fingerprint density at radius 2 is 1.80 bits per heavy atom. The lowest BCUT2D eigenvalue weighted by atomic mass is 9.53. The quantitative estimate of drug-likeness (QED) is 0.283. The van der Waals surface area contributed by atoms with Crippen LogP contribution in [0.2, 0.25) is 0 Å². The van der Waals surface area contributed by atoms with Gasteiger partial charge in [0, 0.05) is 49.9 Å². The van der Waals surface area contributed by atoms with Crippen LogP contribution in [0, 0.1) is 22.7 Å². The number of nitrogens with zero attached hydrogens (tertiary/aromatic N) is 1. The van der Waals surface area contributed by atoms with Gasteiger partial charge in [0.05, 0.1) is 36.7 Å². The molecular formula is C30H39NO10. The normalized spacial score (nSPS) is 36.5. The number of ether oxygens (including phenoxy) is 4. The Morgan fingerprint density at radius 1 is 1.12 bits per heavy atom. The third kappa shape index (κ3) is 4.48. The molecule has 0 aromatic carbocycles. The first kappa shape index (κ1) is 29.3. The zero-order valence-electron chi connectivity index (χ0n) is 24.2. The molecule has 6 unspecified atom stereocenters. The number of hydrogen-bond acceptors (Lipinski definition) is 11. The average Bonchev–Trinajstić information content (AvgIpc) is 3.22. The van der Waals surface area contributed by atoms with Crippen molar-refractivity contribution in [3.8, 4) is 0 Å². The van der Waals surface area contributed by atoms with Gasteiger partial charge in [-0.3, -0.25) is 14.4 Å². The molecule has 5 aliphatic rings. The molecule has 0 bridgehead atoms. The molecular weight excluding hydrogens is 534 g/mol. The Morgan fingerprint density at radius 3 is 2.41 bits per heavy atom. The second kappa shape index (κ2) is 10.6. The summed E-state index contributed by atoms with van der Waals surface area (Å²) < 4.78 is 22.1. The van der Waals surface area contributed by atoms with Gasteiger partial charge < -0.3 is 34.1 Å². The predicted molar refractivity (Wildman–Crippen MR) is 143 cm³/mol. The van der Waals surface area contributed by atoms with Crippen LogP contribution in [0.15, 0.2) is 34.3 Å². The van der Waals surface area contributed by atoms with E-state index >= 15 is 0 Å². The van der Waals surface area contributed by atoms with E-state index in [1.54, 1.807) is 13.1 Å². The highest BCUT2D eigenvalue weighted by Gasteiger charge is 2.64. The molecule has 6 atom stereocenters. The van der Waals surface area contributed by atoms with Crippen LogP contribution in [0.1, 0.15) is 52.9 Å². The zero-order valence-corrected chi connectivity index (χ0v) is 24.2. The fourth-order valence-corrected chi connectivity index (χ4v) is 7.89. The Hall–Kier alpha value is -3.18. The Kier molecular flexibility index (Phi) is 7.57. The SMILES string of the molecule is COCC1OC(=O)C(=CN2CCC(C(=O)OC)CC2)C2=C(O)C(=O)C3=C(C(OC(C)=O)CC4(C)C(O)CCC34)C21C. The monoisotopic (exact) mass is 573 g/mol. The number of ketones is 1. The Bertz CT molecular complexity index is 1260. The second-order valence-electron chi connectivity index (χ2n) is 12.3. The number of cyclic esters (lactones) is 1. The third-order valence-corrected chi connectivity index (χ3v) is 10.0. The van der Waals surface area contributed by atoms with E-state index in [1.807, 2.05) is 11.8 Å². The number of methoxy groups -OCH3 is 2. The number of aliphatic hydroxyl groups excluding tert-OH is 2. The van der Waals surface area contributed by atoms with Crippen LogP contribution < -0.4 is 0 Å². The number of likely N-dealkylation sites (tertiary alicyclic amines) is 1. The van der Waals surface area contributed by atoms with E-state index in [4.69, 9.17) is 18.9 Å². The third-order valence-electron chi connectivity index (χ3n) is 10.0. The van der Waals surface area contributed by atoms with E-state index in [1.165, 1.54) is 21.1 Å². The number of esters is 3. The molecule has 0 aromatic rings. The van der Waals surface area contributed by atoms with E-state index in [2.05, 4.69) is 0 Å². The molecule has 0 aromatic heterocycles. The number of hydrogen-bond donors (Lipinski definition) is 2. The van der Waals surface area contributed by atoms with Crippen LogP contribution in [0.3, 0.4) is 0 Å². The van der Waals surface area contributed by atoms with Crippen molar-refractivity contribution < 1.29 is 48.3 Å². The summed E-state index contributed by atoms with van der Waals surface area (Å²) in [4.78, 5) is 53.8. The maximum Gasteiger partial charge on any atom is 0.340 e. The Labute approximate surface area is 239 Å². The van der Waals surface area contributed by atoms with Crippen molar-refractivity contribution in [1.29, 1.82) is 0 Å². The van der Waals surface area contributed by atoms with Crippen LogP contribution in [-0.4, -0.2) is 91.0 Å². The lowest BCUT2D eigenvalue weighted by molar-refractivity contribution is -0.161. The average molecular weight is 574 g/mol. The number of rotatable bonds is 5. The summed E-state index contributed by atoms with van der Waals surface area (Å²) in [5, 5.41) is 22.6. The minimum Gasteiger partial charge on any atom is -0.504 e. The van der Waals surface area contributed by atoms with Gasteiger partial charge in [-0.1, -0.05) is 6.92 Å². The van der Waals surface area contributed by atoms with E-state index in [0.29, 0.717) is 49.9 Å². The van der Waals surface area contributed by atoms with Gasteiger partial charge in [-0.2, -0.15) is 0 Å². The molecule has 3 fully saturated rings. The minimum absolute atomic E-state index is 0.0286. The van der Waals surface area contributed by atoms with Crippen molar-refractivity contribution in [3.05, 3.63) is 34.3 Å². The molecule has 2 saturated heterocycles. The first-order valence-corrected chi connectivity index (χ1v) is 14.2. The largest absolute Gasteiger partial charge is 0.504 e.